The fourth-order valence-corrected chi connectivity index (χ4v) is 2.82. The smallest absolute Gasteiger partial charge is 0.0766 e. The van der Waals surface area contributed by atoms with Crippen LogP contribution in [0.4, 0.5) is 0 Å². The molecule has 0 saturated heterocycles. The molecule has 1 saturated carbocycles. The molecule has 1 aromatic rings. The summed E-state index contributed by atoms with van der Waals surface area (Å²) in [5.74, 6) is 0.703. The number of nitrogens with one attached hydrogen (secondary N) is 1. The highest BCUT2D eigenvalue weighted by Gasteiger charge is 2.32. The lowest BCUT2D eigenvalue weighted by atomic mass is 9.75. The number of rotatable bonds is 6. The molecule has 2 N–H and O–H groups in total. The summed E-state index contributed by atoms with van der Waals surface area (Å²) in [6.07, 6.45) is 4.05. The van der Waals surface area contributed by atoms with Gasteiger partial charge in [-0.2, -0.15) is 0 Å². The molecule has 0 radical (unpaired) electrons. The molecule has 106 valence electrons. The quantitative estimate of drug-likeness (QED) is 0.823. The van der Waals surface area contributed by atoms with Crippen LogP contribution in [0.5, 0.6) is 0 Å². The van der Waals surface area contributed by atoms with E-state index >= 15 is 0 Å². The van der Waals surface area contributed by atoms with E-state index in [4.69, 9.17) is 0 Å². The van der Waals surface area contributed by atoms with Gasteiger partial charge in [-0.25, -0.2) is 0 Å². The number of aryl methyl sites for hydroxylation is 1. The Hall–Kier alpha value is -0.860. The molecule has 19 heavy (non-hydrogen) atoms. The molecule has 2 rings (SSSR count). The highest BCUT2D eigenvalue weighted by molar-refractivity contribution is 5.27. The average molecular weight is 261 g/mol. The predicted molar refractivity (Wildman–Crippen MR) is 80.5 cm³/mol. The number of hydrogen-bond donors (Lipinski definition) is 2. The average Bonchev–Trinajstić information content (AvgIpc) is 2.36. The van der Waals surface area contributed by atoms with Gasteiger partial charge in [-0.3, -0.25) is 0 Å². The van der Waals surface area contributed by atoms with Crippen molar-refractivity contribution >= 4 is 0 Å². The molecule has 0 bridgehead atoms. The van der Waals surface area contributed by atoms with Crippen molar-refractivity contribution in [3.8, 4) is 0 Å². The Balaban J connectivity index is 1.78. The Morgan fingerprint density at radius 3 is 2.53 bits per heavy atom. The van der Waals surface area contributed by atoms with E-state index < -0.39 is 5.60 Å². The summed E-state index contributed by atoms with van der Waals surface area (Å²) in [5.41, 5.74) is 2.30. The van der Waals surface area contributed by atoms with Crippen molar-refractivity contribution < 1.29 is 5.11 Å². The zero-order valence-electron chi connectivity index (χ0n) is 12.4. The molecule has 1 aliphatic rings. The van der Waals surface area contributed by atoms with Crippen molar-refractivity contribution in [3.05, 3.63) is 35.4 Å². The molecular weight excluding hydrogens is 234 g/mol. The van der Waals surface area contributed by atoms with Gasteiger partial charge in [0.2, 0.25) is 0 Å². The fraction of sp³-hybridized carbons (Fsp3) is 0.647. The summed E-state index contributed by atoms with van der Waals surface area (Å²) < 4.78 is 0. The van der Waals surface area contributed by atoms with Gasteiger partial charge in [-0.1, -0.05) is 43.7 Å². The van der Waals surface area contributed by atoms with Crippen molar-refractivity contribution in [1.29, 1.82) is 0 Å². The van der Waals surface area contributed by atoms with Crippen LogP contribution in [0.3, 0.4) is 0 Å². The second-order valence-corrected chi connectivity index (χ2v) is 6.09. The first kappa shape index (κ1) is 14.5. The summed E-state index contributed by atoms with van der Waals surface area (Å²) in [5, 5.41) is 13.8. The number of aliphatic hydroxyl groups is 1. The van der Waals surface area contributed by atoms with Gasteiger partial charge in [0, 0.05) is 12.6 Å². The fourth-order valence-electron chi connectivity index (χ4n) is 2.82. The second-order valence-electron chi connectivity index (χ2n) is 6.09. The van der Waals surface area contributed by atoms with Gasteiger partial charge in [0.15, 0.2) is 0 Å². The van der Waals surface area contributed by atoms with Crippen LogP contribution in [0.15, 0.2) is 24.3 Å². The molecule has 0 aromatic heterocycles. The third-order valence-corrected chi connectivity index (χ3v) is 4.69. The minimum Gasteiger partial charge on any atom is -0.389 e. The zero-order valence-corrected chi connectivity index (χ0v) is 12.4. The zero-order chi connectivity index (χ0) is 13.9. The predicted octanol–water partition coefficient (Wildman–Crippen LogP) is 3.38. The van der Waals surface area contributed by atoms with E-state index in [0.717, 1.165) is 19.4 Å². The normalized spacial score (nSPS) is 23.2. The van der Waals surface area contributed by atoms with Gasteiger partial charge < -0.3 is 10.4 Å². The van der Waals surface area contributed by atoms with E-state index in [0.29, 0.717) is 12.0 Å². The summed E-state index contributed by atoms with van der Waals surface area (Å²) in [6.45, 7) is 6.99. The van der Waals surface area contributed by atoms with Gasteiger partial charge in [0.05, 0.1) is 5.60 Å². The minimum absolute atomic E-state index is 0.519. The Morgan fingerprint density at radius 2 is 1.95 bits per heavy atom. The van der Waals surface area contributed by atoms with Crippen LogP contribution in [-0.4, -0.2) is 23.3 Å². The lowest BCUT2D eigenvalue weighted by Gasteiger charge is -2.38. The van der Waals surface area contributed by atoms with Gasteiger partial charge >= 0.3 is 0 Å². The summed E-state index contributed by atoms with van der Waals surface area (Å²) in [6, 6.07) is 9.42. The minimum atomic E-state index is -0.519. The Kier molecular flexibility index (Phi) is 4.64. The molecule has 1 aliphatic carbocycles. The van der Waals surface area contributed by atoms with Gasteiger partial charge in [0.1, 0.15) is 0 Å². The van der Waals surface area contributed by atoms with E-state index in [9.17, 15) is 5.11 Å². The molecule has 1 fully saturated rings. The van der Waals surface area contributed by atoms with Crippen molar-refractivity contribution in [1.82, 2.24) is 5.32 Å². The van der Waals surface area contributed by atoms with Crippen LogP contribution in [-0.2, 0) is 0 Å². The molecule has 2 heteroatoms. The molecular formula is C17H27NO. The number of benzene rings is 1. The molecule has 2 nitrogen and oxygen atoms in total. The van der Waals surface area contributed by atoms with E-state index in [1.165, 1.54) is 24.0 Å². The second kappa shape index (κ2) is 6.06. The van der Waals surface area contributed by atoms with Crippen molar-refractivity contribution in [2.24, 2.45) is 0 Å². The highest BCUT2D eigenvalue weighted by atomic mass is 16.3. The highest BCUT2D eigenvalue weighted by Crippen LogP contribution is 2.37. The van der Waals surface area contributed by atoms with E-state index in [1.54, 1.807) is 0 Å². The first-order chi connectivity index (χ1) is 9.06. The monoisotopic (exact) mass is 261 g/mol. The first-order valence-electron chi connectivity index (χ1n) is 7.58. The molecule has 1 aromatic carbocycles. The maximum atomic E-state index is 10.3. The van der Waals surface area contributed by atoms with E-state index in [-0.39, 0.29) is 0 Å². The van der Waals surface area contributed by atoms with Gasteiger partial charge in [0.25, 0.3) is 0 Å². The molecule has 0 spiro atoms. The maximum Gasteiger partial charge on any atom is 0.0766 e. The van der Waals surface area contributed by atoms with E-state index in [2.05, 4.69) is 50.4 Å². The Labute approximate surface area is 117 Å². The van der Waals surface area contributed by atoms with Crippen LogP contribution < -0.4 is 5.32 Å². The molecule has 0 aliphatic heterocycles. The molecule has 0 amide bonds. The van der Waals surface area contributed by atoms with Crippen LogP contribution >= 0.6 is 0 Å². The van der Waals surface area contributed by atoms with Crippen LogP contribution in [0.1, 0.15) is 56.6 Å². The first-order valence-corrected chi connectivity index (χ1v) is 7.58. The van der Waals surface area contributed by atoms with Gasteiger partial charge in [-0.05, 0) is 44.1 Å². The van der Waals surface area contributed by atoms with Crippen molar-refractivity contribution in [3.63, 3.8) is 0 Å². The summed E-state index contributed by atoms with van der Waals surface area (Å²) in [4.78, 5) is 0. The van der Waals surface area contributed by atoms with Crippen molar-refractivity contribution in [2.45, 2.75) is 64.0 Å². The van der Waals surface area contributed by atoms with Crippen LogP contribution in [0, 0.1) is 6.92 Å². The lowest BCUT2D eigenvalue weighted by molar-refractivity contribution is 0.0261. The third kappa shape index (κ3) is 3.58. The summed E-state index contributed by atoms with van der Waals surface area (Å²) in [7, 11) is 0. The molecule has 0 unspecified atom stereocenters. The van der Waals surface area contributed by atoms with Gasteiger partial charge in [-0.15, -0.1) is 0 Å². The van der Waals surface area contributed by atoms with Crippen molar-refractivity contribution in [2.75, 3.05) is 6.54 Å². The largest absolute Gasteiger partial charge is 0.389 e. The standard InChI is InChI=1S/C17H27NO/c1-4-17(19,5-2)12-18-16-10-15(11-16)14-8-6-7-13(3)9-14/h6-9,15-16,18-19H,4-5,10-12H2,1-3H3. The number of hydrogen-bond acceptors (Lipinski definition) is 2. The molecule has 0 atom stereocenters. The van der Waals surface area contributed by atoms with Crippen LogP contribution in [0.2, 0.25) is 0 Å². The summed E-state index contributed by atoms with van der Waals surface area (Å²) >= 11 is 0. The Morgan fingerprint density at radius 1 is 1.26 bits per heavy atom. The van der Waals surface area contributed by atoms with Crippen LogP contribution in [0.25, 0.3) is 0 Å². The topological polar surface area (TPSA) is 32.3 Å². The molecule has 0 heterocycles. The maximum absolute atomic E-state index is 10.3. The van der Waals surface area contributed by atoms with E-state index in [1.807, 2.05) is 0 Å². The Bertz CT molecular complexity index is 405. The lowest BCUT2D eigenvalue weighted by Crippen LogP contribution is -2.48. The third-order valence-electron chi connectivity index (χ3n) is 4.69. The SMILES string of the molecule is CCC(O)(CC)CNC1CC(c2cccc(C)c2)C1.